The predicted octanol–water partition coefficient (Wildman–Crippen LogP) is 3.71. The first-order valence-electron chi connectivity index (χ1n) is 10.7. The van der Waals surface area contributed by atoms with E-state index in [-0.39, 0.29) is 41.7 Å². The summed E-state index contributed by atoms with van der Waals surface area (Å²) in [6.07, 6.45) is 2.08. The van der Waals surface area contributed by atoms with Crippen molar-refractivity contribution in [3.63, 3.8) is 0 Å². The second-order valence-corrected chi connectivity index (χ2v) is 7.97. The molecule has 0 saturated heterocycles. The van der Waals surface area contributed by atoms with Crippen LogP contribution in [0, 0.1) is 5.92 Å². The molecule has 7 nitrogen and oxygen atoms in total. The number of rotatable bonds is 10. The molecule has 1 aromatic rings. The number of esters is 2. The predicted molar refractivity (Wildman–Crippen MR) is 112 cm³/mol. The third-order valence-corrected chi connectivity index (χ3v) is 5.04. The van der Waals surface area contributed by atoms with E-state index >= 15 is 0 Å². The highest BCUT2D eigenvalue weighted by Gasteiger charge is 2.38. The molecule has 2 rings (SSSR count). The van der Waals surface area contributed by atoms with E-state index in [1.807, 2.05) is 6.92 Å². The summed E-state index contributed by atoms with van der Waals surface area (Å²) in [4.78, 5) is 36.5. The SMILES string of the molecule is CCCCC(=O)C[C@H]1Cc2cccc(C(=O)OC(OC(=O)CC)C(C)C)c2OB1O. The highest BCUT2D eigenvalue weighted by Crippen LogP contribution is 2.37. The number of carbonyl (C=O) groups is 3. The highest BCUT2D eigenvalue weighted by molar-refractivity contribution is 6.47. The number of carbonyl (C=O) groups excluding carboxylic acids is 3. The van der Waals surface area contributed by atoms with E-state index in [0.29, 0.717) is 12.8 Å². The van der Waals surface area contributed by atoms with Crippen molar-refractivity contribution in [3.8, 4) is 5.75 Å². The lowest BCUT2D eigenvalue weighted by atomic mass is 9.64. The fourth-order valence-electron chi connectivity index (χ4n) is 3.27. The number of hydrogen-bond acceptors (Lipinski definition) is 7. The average molecular weight is 418 g/mol. The zero-order valence-corrected chi connectivity index (χ0v) is 18.2. The molecule has 0 bridgehead atoms. The summed E-state index contributed by atoms with van der Waals surface area (Å²) in [7, 11) is -1.18. The van der Waals surface area contributed by atoms with Gasteiger partial charge in [-0.25, -0.2) is 4.79 Å². The first-order chi connectivity index (χ1) is 14.3. The monoisotopic (exact) mass is 418 g/mol. The fraction of sp³-hybridized carbons (Fsp3) is 0.591. The molecule has 1 aromatic carbocycles. The molecule has 0 aromatic heterocycles. The number of ketones is 1. The van der Waals surface area contributed by atoms with Crippen molar-refractivity contribution in [2.75, 3.05) is 0 Å². The lowest BCUT2D eigenvalue weighted by Gasteiger charge is -2.29. The second-order valence-electron chi connectivity index (χ2n) is 7.97. The number of hydrogen-bond donors (Lipinski definition) is 1. The van der Waals surface area contributed by atoms with Crippen molar-refractivity contribution in [2.45, 2.75) is 78.3 Å². The molecule has 1 heterocycles. The smallest absolute Gasteiger partial charge is 0.526 e. The Morgan fingerprint density at radius 1 is 1.23 bits per heavy atom. The van der Waals surface area contributed by atoms with Gasteiger partial charge < -0.3 is 19.2 Å². The Morgan fingerprint density at radius 3 is 2.60 bits per heavy atom. The maximum atomic E-state index is 12.8. The molecule has 8 heteroatoms. The quantitative estimate of drug-likeness (QED) is 0.351. The zero-order chi connectivity index (χ0) is 22.3. The Kier molecular flexibility index (Phi) is 8.90. The maximum absolute atomic E-state index is 12.8. The molecular formula is C22H31BO7. The molecule has 1 unspecified atom stereocenters. The maximum Gasteiger partial charge on any atom is 0.526 e. The van der Waals surface area contributed by atoms with Crippen molar-refractivity contribution in [2.24, 2.45) is 5.92 Å². The Bertz CT molecular complexity index is 762. The van der Waals surface area contributed by atoms with Crippen LogP contribution in [0.4, 0.5) is 0 Å². The van der Waals surface area contributed by atoms with Crippen LogP contribution in [-0.4, -0.2) is 36.2 Å². The van der Waals surface area contributed by atoms with Crippen LogP contribution in [0.5, 0.6) is 5.75 Å². The summed E-state index contributed by atoms with van der Waals surface area (Å²) in [5, 5.41) is 10.4. The van der Waals surface area contributed by atoms with Gasteiger partial charge in [-0.05, 0) is 24.5 Å². The summed E-state index contributed by atoms with van der Waals surface area (Å²) < 4.78 is 16.3. The summed E-state index contributed by atoms with van der Waals surface area (Å²) in [5.74, 6) is -1.40. The number of Topliss-reactive ketones (excluding diaryl/α,β-unsaturated/α-hetero) is 1. The van der Waals surface area contributed by atoms with Crippen LogP contribution in [-0.2, 0) is 25.5 Å². The van der Waals surface area contributed by atoms with Gasteiger partial charge in [-0.2, -0.15) is 0 Å². The molecule has 2 atom stereocenters. The van der Waals surface area contributed by atoms with E-state index in [4.69, 9.17) is 14.1 Å². The number of benzene rings is 1. The van der Waals surface area contributed by atoms with Crippen molar-refractivity contribution in [1.82, 2.24) is 0 Å². The van der Waals surface area contributed by atoms with Crippen LogP contribution in [0.2, 0.25) is 5.82 Å². The molecule has 30 heavy (non-hydrogen) atoms. The molecular weight excluding hydrogens is 387 g/mol. The van der Waals surface area contributed by atoms with Gasteiger partial charge in [0, 0.05) is 31.0 Å². The summed E-state index contributed by atoms with van der Waals surface area (Å²) in [6.45, 7) is 7.24. The number of fused-ring (bicyclic) bond motifs is 1. The third kappa shape index (κ3) is 6.32. The van der Waals surface area contributed by atoms with Gasteiger partial charge in [0.25, 0.3) is 0 Å². The minimum Gasteiger partial charge on any atom is -0.535 e. The van der Waals surface area contributed by atoms with E-state index in [1.165, 1.54) is 0 Å². The first-order valence-corrected chi connectivity index (χ1v) is 10.7. The van der Waals surface area contributed by atoms with Crippen LogP contribution in [0.15, 0.2) is 18.2 Å². The average Bonchev–Trinajstić information content (AvgIpc) is 2.71. The Balaban J connectivity index is 2.14. The van der Waals surface area contributed by atoms with E-state index in [0.717, 1.165) is 18.4 Å². The van der Waals surface area contributed by atoms with Gasteiger partial charge in [-0.3, -0.25) is 9.59 Å². The van der Waals surface area contributed by atoms with Crippen molar-refractivity contribution in [1.29, 1.82) is 0 Å². The Hall–Kier alpha value is -2.35. The van der Waals surface area contributed by atoms with Gasteiger partial charge in [0.2, 0.25) is 6.29 Å². The molecule has 1 N–H and O–H groups in total. The topological polar surface area (TPSA) is 99.1 Å². The molecule has 0 aliphatic carbocycles. The summed E-state index contributed by atoms with van der Waals surface area (Å²) >= 11 is 0. The van der Waals surface area contributed by atoms with E-state index < -0.39 is 25.3 Å². The number of para-hydroxylation sites is 1. The Morgan fingerprint density at radius 2 is 1.97 bits per heavy atom. The number of ether oxygens (including phenoxy) is 2. The molecule has 0 saturated carbocycles. The third-order valence-electron chi connectivity index (χ3n) is 5.04. The standard InChI is InChI=1S/C22H31BO7/c1-5-7-10-17(24)13-16-12-15-9-8-11-18(20(15)30-23(16)27)21(26)29-22(14(3)4)28-19(25)6-2/h8-9,11,14,16,22,27H,5-7,10,12-13H2,1-4H3/t16-,22?/m1/s1. The van der Waals surface area contributed by atoms with Crippen molar-refractivity contribution >= 4 is 24.8 Å². The van der Waals surface area contributed by atoms with Gasteiger partial charge in [-0.1, -0.05) is 46.2 Å². The van der Waals surface area contributed by atoms with Crippen molar-refractivity contribution in [3.05, 3.63) is 29.3 Å². The van der Waals surface area contributed by atoms with Gasteiger partial charge in [0.15, 0.2) is 0 Å². The molecule has 0 fully saturated rings. The van der Waals surface area contributed by atoms with E-state index in [2.05, 4.69) is 0 Å². The van der Waals surface area contributed by atoms with E-state index in [9.17, 15) is 19.4 Å². The largest absolute Gasteiger partial charge is 0.535 e. The minimum absolute atomic E-state index is 0.0982. The summed E-state index contributed by atoms with van der Waals surface area (Å²) in [5.41, 5.74) is 0.884. The van der Waals surface area contributed by atoms with Crippen LogP contribution in [0.1, 0.15) is 75.7 Å². The van der Waals surface area contributed by atoms with Gasteiger partial charge in [0.05, 0.1) is 0 Å². The molecule has 1 aliphatic rings. The van der Waals surface area contributed by atoms with Gasteiger partial charge in [-0.15, -0.1) is 0 Å². The first kappa shape index (κ1) is 23.9. The normalized spacial score (nSPS) is 16.5. The van der Waals surface area contributed by atoms with Crippen molar-refractivity contribution < 1.29 is 33.5 Å². The fourth-order valence-corrected chi connectivity index (χ4v) is 3.27. The van der Waals surface area contributed by atoms with E-state index in [1.54, 1.807) is 39.0 Å². The lowest BCUT2D eigenvalue weighted by Crippen LogP contribution is -2.36. The lowest BCUT2D eigenvalue weighted by molar-refractivity contribution is -0.175. The van der Waals surface area contributed by atoms with Crippen LogP contribution >= 0.6 is 0 Å². The Labute approximate surface area is 178 Å². The zero-order valence-electron chi connectivity index (χ0n) is 18.2. The second kappa shape index (κ2) is 11.2. The van der Waals surface area contributed by atoms with Crippen LogP contribution in [0.25, 0.3) is 0 Å². The summed E-state index contributed by atoms with van der Waals surface area (Å²) in [6, 6.07) is 5.05. The number of unbranched alkanes of at least 4 members (excludes halogenated alkanes) is 1. The van der Waals surface area contributed by atoms with Gasteiger partial charge in [0.1, 0.15) is 17.1 Å². The molecule has 0 amide bonds. The van der Waals surface area contributed by atoms with Crippen LogP contribution < -0.4 is 4.65 Å². The highest BCUT2D eigenvalue weighted by atomic mass is 16.7. The molecule has 164 valence electrons. The molecule has 0 spiro atoms. The molecule has 1 aliphatic heterocycles. The van der Waals surface area contributed by atoms with Gasteiger partial charge >= 0.3 is 19.1 Å². The minimum atomic E-state index is -1.18. The van der Waals surface area contributed by atoms with Crippen LogP contribution in [0.3, 0.4) is 0 Å². The molecule has 0 radical (unpaired) electrons.